The summed E-state index contributed by atoms with van der Waals surface area (Å²) in [5, 5.41) is 0. The number of carbonyl (C=O) groups excluding carboxylic acids is 1. The van der Waals surface area contributed by atoms with Crippen molar-refractivity contribution in [3.63, 3.8) is 0 Å². The maximum absolute atomic E-state index is 11.8. The molecule has 0 aromatic rings. The molecule has 0 aromatic heterocycles. The number of likely N-dealkylation sites (tertiary alicyclic amines) is 1. The maximum Gasteiger partial charge on any atom is 0.410 e. The van der Waals surface area contributed by atoms with Gasteiger partial charge in [-0.05, 0) is 39.5 Å². The van der Waals surface area contributed by atoms with Crippen molar-refractivity contribution in [1.29, 1.82) is 0 Å². The van der Waals surface area contributed by atoms with Crippen molar-refractivity contribution in [1.82, 2.24) is 4.90 Å². The van der Waals surface area contributed by atoms with Gasteiger partial charge in [0.15, 0.2) is 0 Å². The number of nitrogens with zero attached hydrogens (tertiary/aromatic N) is 1. The number of hydrogen-bond donors (Lipinski definition) is 1. The van der Waals surface area contributed by atoms with Crippen LogP contribution in [0.4, 0.5) is 4.79 Å². The van der Waals surface area contributed by atoms with Crippen molar-refractivity contribution < 1.29 is 9.53 Å². The average Bonchev–Trinajstić information content (AvgIpc) is 2.59. The molecule has 0 spiro atoms. The summed E-state index contributed by atoms with van der Waals surface area (Å²) < 4.78 is 5.35. The number of nitrogens with two attached hydrogens (primary N) is 1. The fraction of sp³-hybridized carbons (Fsp3) is 0.909. The zero-order chi connectivity index (χ0) is 11.2. The zero-order valence-corrected chi connectivity index (χ0v) is 9.69. The lowest BCUT2D eigenvalue weighted by atomic mass is 10.1. The molecule has 0 unspecified atom stereocenters. The van der Waals surface area contributed by atoms with Gasteiger partial charge in [0.25, 0.3) is 0 Å². The minimum Gasteiger partial charge on any atom is -0.444 e. The quantitative estimate of drug-likeness (QED) is 0.659. The van der Waals surface area contributed by atoms with Crippen molar-refractivity contribution in [2.24, 2.45) is 11.7 Å². The Labute approximate surface area is 90.8 Å². The van der Waals surface area contributed by atoms with Crippen LogP contribution >= 0.6 is 0 Å². The van der Waals surface area contributed by atoms with Gasteiger partial charge in [-0.1, -0.05) is 0 Å². The molecule has 1 saturated heterocycles. The van der Waals surface area contributed by atoms with Gasteiger partial charge in [0.05, 0.1) is 6.04 Å². The standard InChI is InChI=1S/C11H20N2O2/c1-11(2,3)15-10(14)13-6-7-4-5-8(13)9(7)12/h7-9H,4-6,12H2,1-3H3/t7-,8+,9+/m0/s1. The molecule has 1 amide bonds. The summed E-state index contributed by atoms with van der Waals surface area (Å²) in [6, 6.07) is 0.377. The smallest absolute Gasteiger partial charge is 0.410 e. The van der Waals surface area contributed by atoms with Crippen molar-refractivity contribution in [2.75, 3.05) is 6.54 Å². The molecule has 1 aliphatic carbocycles. The molecule has 1 aliphatic heterocycles. The monoisotopic (exact) mass is 212 g/mol. The third-order valence-electron chi connectivity index (χ3n) is 3.28. The topological polar surface area (TPSA) is 55.6 Å². The van der Waals surface area contributed by atoms with E-state index in [2.05, 4.69) is 0 Å². The van der Waals surface area contributed by atoms with Crippen LogP contribution in [0.2, 0.25) is 0 Å². The maximum atomic E-state index is 11.8. The molecule has 2 aliphatic rings. The van der Waals surface area contributed by atoms with Gasteiger partial charge in [0.2, 0.25) is 0 Å². The highest BCUT2D eigenvalue weighted by Gasteiger charge is 2.47. The van der Waals surface area contributed by atoms with Crippen LogP contribution in [0.5, 0.6) is 0 Å². The fourth-order valence-corrected chi connectivity index (χ4v) is 2.58. The molecule has 3 atom stereocenters. The van der Waals surface area contributed by atoms with Gasteiger partial charge in [-0.3, -0.25) is 0 Å². The molecule has 1 saturated carbocycles. The van der Waals surface area contributed by atoms with E-state index in [4.69, 9.17) is 10.5 Å². The average molecular weight is 212 g/mol. The van der Waals surface area contributed by atoms with Gasteiger partial charge >= 0.3 is 6.09 Å². The van der Waals surface area contributed by atoms with Gasteiger partial charge in [-0.15, -0.1) is 0 Å². The molecule has 15 heavy (non-hydrogen) atoms. The number of hydrogen-bond acceptors (Lipinski definition) is 3. The molecule has 0 aromatic carbocycles. The predicted molar refractivity (Wildman–Crippen MR) is 57.4 cm³/mol. The van der Waals surface area contributed by atoms with Gasteiger partial charge in [0.1, 0.15) is 5.60 Å². The summed E-state index contributed by atoms with van der Waals surface area (Å²) in [7, 11) is 0. The molecule has 0 radical (unpaired) electrons. The summed E-state index contributed by atoms with van der Waals surface area (Å²) in [5.41, 5.74) is 5.61. The van der Waals surface area contributed by atoms with Gasteiger partial charge in [-0.25, -0.2) is 4.79 Å². The third kappa shape index (κ3) is 1.95. The Morgan fingerprint density at radius 2 is 2.07 bits per heavy atom. The van der Waals surface area contributed by atoms with Crippen molar-refractivity contribution in [3.8, 4) is 0 Å². The normalized spacial score (nSPS) is 34.7. The van der Waals surface area contributed by atoms with Crippen molar-refractivity contribution in [3.05, 3.63) is 0 Å². The number of carbonyl (C=O) groups is 1. The first-order valence-corrected chi connectivity index (χ1v) is 5.64. The summed E-state index contributed by atoms with van der Waals surface area (Å²) in [6.45, 7) is 6.44. The summed E-state index contributed by atoms with van der Waals surface area (Å²) in [4.78, 5) is 13.7. The van der Waals surface area contributed by atoms with E-state index >= 15 is 0 Å². The second kappa shape index (κ2) is 3.37. The van der Waals surface area contributed by atoms with E-state index in [1.807, 2.05) is 25.7 Å². The minimum absolute atomic E-state index is 0.164. The zero-order valence-electron chi connectivity index (χ0n) is 9.69. The van der Waals surface area contributed by atoms with E-state index in [0.717, 1.165) is 19.4 Å². The lowest BCUT2D eigenvalue weighted by molar-refractivity contribution is 0.0188. The predicted octanol–water partition coefficient (Wildman–Crippen LogP) is 1.34. The number of ether oxygens (including phenoxy) is 1. The number of fused-ring (bicyclic) bond motifs is 2. The van der Waals surface area contributed by atoms with Crippen molar-refractivity contribution >= 4 is 6.09 Å². The Morgan fingerprint density at radius 1 is 1.40 bits per heavy atom. The first-order chi connectivity index (χ1) is 6.88. The molecular formula is C11H20N2O2. The highest BCUT2D eigenvalue weighted by Crippen LogP contribution is 2.37. The molecule has 4 heteroatoms. The lowest BCUT2D eigenvalue weighted by Crippen LogP contribution is -2.44. The summed E-state index contributed by atoms with van der Waals surface area (Å²) in [5.74, 6) is 0.488. The summed E-state index contributed by atoms with van der Waals surface area (Å²) >= 11 is 0. The Kier molecular flexibility index (Phi) is 2.41. The minimum atomic E-state index is -0.414. The summed E-state index contributed by atoms with van der Waals surface area (Å²) in [6.07, 6.45) is 1.99. The molecule has 2 N–H and O–H groups in total. The molecule has 2 rings (SSSR count). The fourth-order valence-electron chi connectivity index (χ4n) is 2.58. The Hall–Kier alpha value is -0.770. The Balaban J connectivity index is 1.99. The molecular weight excluding hydrogens is 192 g/mol. The van der Waals surface area contributed by atoms with E-state index in [1.165, 1.54) is 0 Å². The Morgan fingerprint density at radius 3 is 2.47 bits per heavy atom. The third-order valence-corrected chi connectivity index (χ3v) is 3.28. The second-order valence-electron chi connectivity index (χ2n) is 5.61. The van der Waals surface area contributed by atoms with E-state index in [0.29, 0.717) is 5.92 Å². The van der Waals surface area contributed by atoms with Crippen LogP contribution in [0.15, 0.2) is 0 Å². The van der Waals surface area contributed by atoms with Gasteiger partial charge < -0.3 is 15.4 Å². The van der Waals surface area contributed by atoms with E-state index in [1.54, 1.807) is 0 Å². The Bertz CT molecular complexity index is 272. The largest absolute Gasteiger partial charge is 0.444 e. The SMILES string of the molecule is CC(C)(C)OC(=O)N1C[C@@H]2CC[C@@H]1[C@@H]2N. The highest BCUT2D eigenvalue weighted by atomic mass is 16.6. The van der Waals surface area contributed by atoms with Crippen LogP contribution in [0.25, 0.3) is 0 Å². The van der Waals surface area contributed by atoms with Crippen LogP contribution in [-0.4, -0.2) is 35.2 Å². The number of rotatable bonds is 0. The lowest BCUT2D eigenvalue weighted by Gasteiger charge is -2.30. The number of amides is 1. The van der Waals surface area contributed by atoms with Crippen LogP contribution in [0.1, 0.15) is 33.6 Å². The van der Waals surface area contributed by atoms with Crippen molar-refractivity contribution in [2.45, 2.75) is 51.3 Å². The second-order valence-corrected chi connectivity index (χ2v) is 5.61. The first kappa shape index (κ1) is 10.7. The van der Waals surface area contributed by atoms with Crippen LogP contribution in [0.3, 0.4) is 0 Å². The molecule has 2 fully saturated rings. The van der Waals surface area contributed by atoms with Gasteiger partial charge in [0, 0.05) is 12.6 Å². The van der Waals surface area contributed by atoms with E-state index in [9.17, 15) is 4.79 Å². The number of piperidine rings is 1. The van der Waals surface area contributed by atoms with Crippen LogP contribution in [-0.2, 0) is 4.74 Å². The highest BCUT2D eigenvalue weighted by molar-refractivity contribution is 5.69. The van der Waals surface area contributed by atoms with Crippen LogP contribution in [0, 0.1) is 5.92 Å². The van der Waals surface area contributed by atoms with Gasteiger partial charge in [-0.2, -0.15) is 0 Å². The van der Waals surface area contributed by atoms with E-state index in [-0.39, 0.29) is 18.2 Å². The van der Waals surface area contributed by atoms with Crippen LogP contribution < -0.4 is 5.73 Å². The molecule has 86 valence electrons. The molecule has 1 heterocycles. The van der Waals surface area contributed by atoms with E-state index < -0.39 is 5.60 Å². The first-order valence-electron chi connectivity index (χ1n) is 5.64. The molecule has 4 nitrogen and oxygen atoms in total. The molecule has 2 bridgehead atoms.